The highest BCUT2D eigenvalue weighted by atomic mass is 35.5. The van der Waals surface area contributed by atoms with Crippen LogP contribution in [0, 0.1) is 0 Å². The Morgan fingerprint density at radius 1 is 1.25 bits per heavy atom. The van der Waals surface area contributed by atoms with Gasteiger partial charge in [0.1, 0.15) is 0 Å². The number of benzene rings is 1. The average molecular weight is 297 g/mol. The number of nitrogens with two attached hydrogens (primary N) is 1. The molecule has 20 heavy (non-hydrogen) atoms. The van der Waals surface area contributed by atoms with Crippen LogP contribution >= 0.6 is 12.4 Å². The third-order valence-electron chi connectivity index (χ3n) is 3.74. The molecule has 1 saturated heterocycles. The molecule has 1 atom stereocenters. The summed E-state index contributed by atoms with van der Waals surface area (Å²) in [7, 11) is 0. The summed E-state index contributed by atoms with van der Waals surface area (Å²) in [5, 5.41) is 0. The van der Waals surface area contributed by atoms with Crippen LogP contribution in [0.25, 0.3) is 0 Å². The number of likely N-dealkylation sites (tertiary alicyclic amines) is 1. The van der Waals surface area contributed by atoms with Crippen LogP contribution in [0.4, 0.5) is 0 Å². The average Bonchev–Trinajstić information content (AvgIpc) is 2.37. The van der Waals surface area contributed by atoms with Crippen LogP contribution < -0.4 is 5.73 Å². The van der Waals surface area contributed by atoms with E-state index in [1.54, 1.807) is 0 Å². The topological polar surface area (TPSA) is 46.3 Å². The molecule has 0 bridgehead atoms. The summed E-state index contributed by atoms with van der Waals surface area (Å²) in [6.45, 7) is 8.03. The van der Waals surface area contributed by atoms with Crippen molar-refractivity contribution in [3.63, 3.8) is 0 Å². The highest BCUT2D eigenvalue weighted by Gasteiger charge is 2.22. The van der Waals surface area contributed by atoms with Gasteiger partial charge in [0.2, 0.25) is 0 Å². The van der Waals surface area contributed by atoms with E-state index >= 15 is 0 Å². The van der Waals surface area contributed by atoms with Crippen LogP contribution in [0.2, 0.25) is 0 Å². The van der Waals surface area contributed by atoms with Crippen LogP contribution in [0.1, 0.15) is 49.5 Å². The Balaban J connectivity index is 0.00000200. The van der Waals surface area contributed by atoms with Gasteiger partial charge in [0, 0.05) is 24.7 Å². The lowest BCUT2D eigenvalue weighted by Gasteiger charge is -2.31. The van der Waals surface area contributed by atoms with E-state index in [2.05, 4.69) is 32.9 Å². The molecule has 2 N–H and O–H groups in total. The monoisotopic (exact) mass is 296 g/mol. The molecule has 1 aliphatic heterocycles. The highest BCUT2D eigenvalue weighted by molar-refractivity contribution is 5.94. The quantitative estimate of drug-likeness (QED) is 0.866. The van der Waals surface area contributed by atoms with Gasteiger partial charge in [-0.05, 0) is 36.0 Å². The van der Waals surface area contributed by atoms with Crippen LogP contribution in [0.15, 0.2) is 24.3 Å². The van der Waals surface area contributed by atoms with Crippen molar-refractivity contribution in [1.82, 2.24) is 4.90 Å². The molecule has 4 heteroatoms. The van der Waals surface area contributed by atoms with E-state index in [0.29, 0.717) is 6.54 Å². The summed E-state index contributed by atoms with van der Waals surface area (Å²) in [6.07, 6.45) is 2.03. The first-order valence-electron chi connectivity index (χ1n) is 7.03. The number of hydrogen-bond donors (Lipinski definition) is 1. The lowest BCUT2D eigenvalue weighted by molar-refractivity contribution is 0.0709. The zero-order valence-electron chi connectivity index (χ0n) is 12.6. The van der Waals surface area contributed by atoms with Gasteiger partial charge < -0.3 is 10.6 Å². The molecule has 1 aliphatic rings. The Hall–Kier alpha value is -1.06. The maximum Gasteiger partial charge on any atom is 0.253 e. The standard InChI is InChI=1S/C16H24N2O.ClH/c1-16(2,3)13-8-6-12(7-9-13)15(19)18-10-4-5-14(17)11-18;/h6-9,14H,4-5,10-11,17H2,1-3H3;1H. The number of hydrogen-bond acceptors (Lipinski definition) is 2. The van der Waals surface area contributed by atoms with Gasteiger partial charge >= 0.3 is 0 Å². The molecule has 1 fully saturated rings. The van der Waals surface area contributed by atoms with Gasteiger partial charge in [0.25, 0.3) is 5.91 Å². The third-order valence-corrected chi connectivity index (χ3v) is 3.74. The zero-order valence-corrected chi connectivity index (χ0v) is 13.4. The van der Waals surface area contributed by atoms with Crippen molar-refractivity contribution >= 4 is 18.3 Å². The summed E-state index contributed by atoms with van der Waals surface area (Å²) in [5.41, 5.74) is 8.06. The molecule has 1 amide bonds. The Bertz CT molecular complexity index is 451. The highest BCUT2D eigenvalue weighted by Crippen LogP contribution is 2.23. The van der Waals surface area contributed by atoms with E-state index in [0.717, 1.165) is 24.9 Å². The van der Waals surface area contributed by atoms with Gasteiger partial charge in [-0.25, -0.2) is 0 Å². The maximum absolute atomic E-state index is 12.4. The lowest BCUT2D eigenvalue weighted by Crippen LogP contribution is -2.45. The van der Waals surface area contributed by atoms with Crippen molar-refractivity contribution in [2.24, 2.45) is 5.73 Å². The van der Waals surface area contributed by atoms with Gasteiger partial charge in [-0.2, -0.15) is 0 Å². The second-order valence-electron chi connectivity index (χ2n) is 6.48. The Labute approximate surface area is 127 Å². The Kier molecular flexibility index (Phi) is 5.60. The SMILES string of the molecule is CC(C)(C)c1ccc(C(=O)N2CCCC(N)C2)cc1.Cl. The Morgan fingerprint density at radius 3 is 2.35 bits per heavy atom. The number of carbonyl (C=O) groups is 1. The molecular formula is C16H25ClN2O. The largest absolute Gasteiger partial charge is 0.337 e. The predicted octanol–water partition coefficient (Wildman–Crippen LogP) is 2.97. The van der Waals surface area contributed by atoms with Gasteiger partial charge in [-0.3, -0.25) is 4.79 Å². The molecule has 1 aromatic rings. The smallest absolute Gasteiger partial charge is 0.253 e. The zero-order chi connectivity index (χ0) is 14.0. The molecule has 1 heterocycles. The van der Waals surface area contributed by atoms with Crippen LogP contribution in [0.3, 0.4) is 0 Å². The number of carbonyl (C=O) groups excluding carboxylic acids is 1. The number of piperidine rings is 1. The molecule has 0 aliphatic carbocycles. The number of halogens is 1. The van der Waals surface area contributed by atoms with E-state index < -0.39 is 0 Å². The molecule has 0 aromatic heterocycles. The van der Waals surface area contributed by atoms with Crippen LogP contribution in [-0.4, -0.2) is 29.9 Å². The third kappa shape index (κ3) is 3.97. The minimum absolute atomic E-state index is 0. The first-order valence-corrected chi connectivity index (χ1v) is 7.03. The first-order chi connectivity index (χ1) is 8.88. The van der Waals surface area contributed by atoms with E-state index in [1.807, 2.05) is 17.0 Å². The van der Waals surface area contributed by atoms with E-state index in [-0.39, 0.29) is 29.8 Å². The number of nitrogens with zero attached hydrogens (tertiary/aromatic N) is 1. The van der Waals surface area contributed by atoms with E-state index in [1.165, 1.54) is 5.56 Å². The molecule has 2 rings (SSSR count). The van der Waals surface area contributed by atoms with Crippen molar-refractivity contribution in [3.8, 4) is 0 Å². The molecular weight excluding hydrogens is 272 g/mol. The fourth-order valence-corrected chi connectivity index (χ4v) is 2.49. The maximum atomic E-state index is 12.4. The van der Waals surface area contributed by atoms with Crippen LogP contribution in [-0.2, 0) is 5.41 Å². The van der Waals surface area contributed by atoms with Crippen molar-refractivity contribution in [2.75, 3.05) is 13.1 Å². The molecule has 1 aromatic carbocycles. The molecule has 112 valence electrons. The van der Waals surface area contributed by atoms with Crippen molar-refractivity contribution in [2.45, 2.75) is 45.1 Å². The Morgan fingerprint density at radius 2 is 1.85 bits per heavy atom. The normalized spacial score (nSPS) is 19.4. The predicted molar refractivity (Wildman–Crippen MR) is 85.5 cm³/mol. The molecule has 0 spiro atoms. The second-order valence-corrected chi connectivity index (χ2v) is 6.48. The van der Waals surface area contributed by atoms with Gasteiger partial charge in [-0.15, -0.1) is 12.4 Å². The summed E-state index contributed by atoms with van der Waals surface area (Å²) in [4.78, 5) is 14.3. The molecule has 1 unspecified atom stereocenters. The van der Waals surface area contributed by atoms with Gasteiger partial charge in [0.15, 0.2) is 0 Å². The fourth-order valence-electron chi connectivity index (χ4n) is 2.49. The molecule has 0 radical (unpaired) electrons. The minimum atomic E-state index is 0. The number of rotatable bonds is 1. The summed E-state index contributed by atoms with van der Waals surface area (Å²) in [5.74, 6) is 0.107. The summed E-state index contributed by atoms with van der Waals surface area (Å²) >= 11 is 0. The molecule has 3 nitrogen and oxygen atoms in total. The number of amides is 1. The minimum Gasteiger partial charge on any atom is -0.337 e. The van der Waals surface area contributed by atoms with E-state index in [9.17, 15) is 4.79 Å². The first kappa shape index (κ1) is 17.0. The van der Waals surface area contributed by atoms with Crippen LogP contribution in [0.5, 0.6) is 0 Å². The summed E-state index contributed by atoms with van der Waals surface area (Å²) < 4.78 is 0. The fraction of sp³-hybridized carbons (Fsp3) is 0.562. The summed E-state index contributed by atoms with van der Waals surface area (Å²) in [6, 6.07) is 8.10. The lowest BCUT2D eigenvalue weighted by atomic mass is 9.86. The van der Waals surface area contributed by atoms with E-state index in [4.69, 9.17) is 5.73 Å². The van der Waals surface area contributed by atoms with Crippen molar-refractivity contribution < 1.29 is 4.79 Å². The van der Waals surface area contributed by atoms with Crippen molar-refractivity contribution in [1.29, 1.82) is 0 Å². The second kappa shape index (κ2) is 6.59. The molecule has 0 saturated carbocycles. The van der Waals surface area contributed by atoms with Crippen molar-refractivity contribution in [3.05, 3.63) is 35.4 Å². The van der Waals surface area contributed by atoms with Gasteiger partial charge in [-0.1, -0.05) is 32.9 Å². The van der Waals surface area contributed by atoms with Gasteiger partial charge in [0.05, 0.1) is 0 Å².